The van der Waals surface area contributed by atoms with Crippen LogP contribution in [0, 0.1) is 5.92 Å². The lowest BCUT2D eigenvalue weighted by molar-refractivity contribution is -0.128. The maximum absolute atomic E-state index is 13.5. The van der Waals surface area contributed by atoms with Crippen LogP contribution < -0.4 is 10.6 Å². The topological polar surface area (TPSA) is 103 Å². The number of ether oxygens (including phenoxy) is 1. The number of rotatable bonds is 16. The molecule has 36 heavy (non-hydrogen) atoms. The van der Waals surface area contributed by atoms with E-state index < -0.39 is 11.6 Å². The first-order chi connectivity index (χ1) is 17.2. The summed E-state index contributed by atoms with van der Waals surface area (Å²) >= 11 is 0. The van der Waals surface area contributed by atoms with Gasteiger partial charge in [0.05, 0.1) is 12.6 Å². The molecular formula is C29H47N3O4. The summed E-state index contributed by atoms with van der Waals surface area (Å²) in [5.74, 6) is -0.0314. The van der Waals surface area contributed by atoms with Crippen LogP contribution in [0.2, 0.25) is 0 Å². The predicted octanol–water partition coefficient (Wildman–Crippen LogP) is 5.86. The normalized spacial score (nSPS) is 14.9. The fraction of sp³-hybridized carbons (Fsp3) is 0.655. The Morgan fingerprint density at radius 3 is 2.47 bits per heavy atom. The van der Waals surface area contributed by atoms with E-state index in [0.29, 0.717) is 12.3 Å². The number of aliphatic hydroxyl groups excluding tert-OH is 1. The van der Waals surface area contributed by atoms with Gasteiger partial charge in [-0.15, -0.1) is 0 Å². The van der Waals surface area contributed by atoms with Crippen LogP contribution in [0.4, 0.5) is 4.79 Å². The molecule has 0 aliphatic carbocycles. The fourth-order valence-corrected chi connectivity index (χ4v) is 4.64. The molecule has 7 heteroatoms. The van der Waals surface area contributed by atoms with Crippen molar-refractivity contribution in [2.24, 2.45) is 5.92 Å². The highest BCUT2D eigenvalue weighted by atomic mass is 16.6. The first kappa shape index (κ1) is 29.7. The second kappa shape index (κ2) is 14.9. The van der Waals surface area contributed by atoms with Crippen molar-refractivity contribution in [3.8, 4) is 0 Å². The molecule has 1 heterocycles. The van der Waals surface area contributed by atoms with Gasteiger partial charge in [0, 0.05) is 23.5 Å². The number of para-hydroxylation sites is 1. The highest BCUT2D eigenvalue weighted by Crippen LogP contribution is 2.23. The zero-order chi connectivity index (χ0) is 26.6. The number of amides is 2. The van der Waals surface area contributed by atoms with Crippen molar-refractivity contribution in [1.29, 1.82) is 0 Å². The van der Waals surface area contributed by atoms with E-state index in [-0.39, 0.29) is 31.1 Å². The van der Waals surface area contributed by atoms with Crippen LogP contribution >= 0.6 is 0 Å². The van der Waals surface area contributed by atoms with Crippen LogP contribution in [0.25, 0.3) is 10.9 Å². The molecular weight excluding hydrogens is 454 g/mol. The number of aromatic nitrogens is 1. The van der Waals surface area contributed by atoms with Gasteiger partial charge >= 0.3 is 6.09 Å². The van der Waals surface area contributed by atoms with E-state index in [1.165, 1.54) is 25.7 Å². The Morgan fingerprint density at radius 1 is 1.08 bits per heavy atom. The van der Waals surface area contributed by atoms with Crippen molar-refractivity contribution >= 4 is 22.9 Å². The lowest BCUT2D eigenvalue weighted by atomic mass is 9.90. The van der Waals surface area contributed by atoms with E-state index in [1.54, 1.807) is 6.92 Å². The second-order valence-electron chi connectivity index (χ2n) is 10.7. The third-order valence-corrected chi connectivity index (χ3v) is 6.68. The number of hydrogen-bond donors (Lipinski definition) is 4. The molecule has 2 amide bonds. The molecule has 0 saturated heterocycles. The number of fused-ring (bicyclic) bond motifs is 1. The number of alkyl carbamates (subject to hydrolysis) is 1. The Balaban J connectivity index is 2.09. The third-order valence-electron chi connectivity index (χ3n) is 6.68. The quantitative estimate of drug-likeness (QED) is 0.216. The standard InChI is InChI=1S/C29H47N3O4/c1-6-7-8-9-10-11-14-22(4)36-28(35)32-29(5,27(34)31-24(20-33)17-21(2)3)18-23-19-30-26-16-13-12-15-25(23)26/h12-13,15-16,19,21-22,24,30,33H,6-11,14,17-18,20H2,1-5H3,(H,31,34)(H,32,35). The SMILES string of the molecule is CCCCCCCCC(C)OC(=O)NC(C)(Cc1c[nH]c2ccccc12)C(=O)NC(CO)CC(C)C. The molecule has 0 fully saturated rings. The van der Waals surface area contributed by atoms with Crippen molar-refractivity contribution in [2.75, 3.05) is 6.61 Å². The maximum Gasteiger partial charge on any atom is 0.408 e. The fourth-order valence-electron chi connectivity index (χ4n) is 4.64. The molecule has 0 spiro atoms. The Labute approximate surface area is 216 Å². The predicted molar refractivity (Wildman–Crippen MR) is 146 cm³/mol. The zero-order valence-corrected chi connectivity index (χ0v) is 22.9. The smallest absolute Gasteiger partial charge is 0.408 e. The van der Waals surface area contributed by atoms with Gasteiger partial charge in [-0.05, 0) is 50.7 Å². The molecule has 4 N–H and O–H groups in total. The van der Waals surface area contributed by atoms with Gasteiger partial charge in [0.2, 0.25) is 5.91 Å². The molecule has 1 aromatic heterocycles. The third kappa shape index (κ3) is 9.49. The summed E-state index contributed by atoms with van der Waals surface area (Å²) in [5, 5.41) is 16.6. The summed E-state index contributed by atoms with van der Waals surface area (Å²) in [5.41, 5.74) is 0.637. The lowest BCUT2D eigenvalue weighted by Gasteiger charge is -2.32. The average Bonchev–Trinajstić information content (AvgIpc) is 3.22. The highest BCUT2D eigenvalue weighted by molar-refractivity contribution is 5.91. The number of H-pyrrole nitrogens is 1. The van der Waals surface area contributed by atoms with E-state index in [9.17, 15) is 14.7 Å². The molecule has 1 aromatic carbocycles. The van der Waals surface area contributed by atoms with Gasteiger partial charge in [-0.25, -0.2) is 4.79 Å². The monoisotopic (exact) mass is 501 g/mol. The van der Waals surface area contributed by atoms with Gasteiger partial charge in [-0.2, -0.15) is 0 Å². The van der Waals surface area contributed by atoms with Crippen LogP contribution in [-0.2, 0) is 16.0 Å². The first-order valence-corrected chi connectivity index (χ1v) is 13.6. The molecule has 7 nitrogen and oxygen atoms in total. The summed E-state index contributed by atoms with van der Waals surface area (Å²) in [7, 11) is 0. The summed E-state index contributed by atoms with van der Waals surface area (Å²) < 4.78 is 5.64. The molecule has 0 aliphatic heterocycles. The Morgan fingerprint density at radius 2 is 1.78 bits per heavy atom. The van der Waals surface area contributed by atoms with Crippen LogP contribution in [0.15, 0.2) is 30.5 Å². The number of carbonyl (C=O) groups is 2. The van der Waals surface area contributed by atoms with Gasteiger partial charge in [-0.3, -0.25) is 4.79 Å². The van der Waals surface area contributed by atoms with Gasteiger partial charge in [0.25, 0.3) is 0 Å². The molecule has 202 valence electrons. The first-order valence-electron chi connectivity index (χ1n) is 13.6. The molecule has 0 aliphatic rings. The summed E-state index contributed by atoms with van der Waals surface area (Å²) in [6, 6.07) is 7.49. The molecule has 3 atom stereocenters. The van der Waals surface area contributed by atoms with Crippen molar-refractivity contribution in [3.63, 3.8) is 0 Å². The summed E-state index contributed by atoms with van der Waals surface area (Å²) in [6.45, 7) is 9.74. The zero-order valence-electron chi connectivity index (χ0n) is 22.9. The minimum absolute atomic E-state index is 0.160. The number of aliphatic hydroxyl groups is 1. The molecule has 2 aromatic rings. The van der Waals surface area contributed by atoms with E-state index in [2.05, 4.69) is 22.5 Å². The lowest BCUT2D eigenvalue weighted by Crippen LogP contribution is -2.60. The number of aromatic amines is 1. The molecule has 2 rings (SSSR count). The van der Waals surface area contributed by atoms with E-state index >= 15 is 0 Å². The summed E-state index contributed by atoms with van der Waals surface area (Å²) in [6.07, 6.45) is 9.85. The van der Waals surface area contributed by atoms with E-state index in [0.717, 1.165) is 35.7 Å². The molecule has 0 radical (unpaired) electrons. The summed E-state index contributed by atoms with van der Waals surface area (Å²) in [4.78, 5) is 29.6. The van der Waals surface area contributed by atoms with Gasteiger partial charge in [0.1, 0.15) is 11.6 Å². The van der Waals surface area contributed by atoms with Crippen molar-refractivity contribution in [3.05, 3.63) is 36.0 Å². The number of nitrogens with one attached hydrogen (secondary N) is 3. The molecule has 3 unspecified atom stereocenters. The van der Waals surface area contributed by atoms with Gasteiger partial charge < -0.3 is 25.5 Å². The minimum Gasteiger partial charge on any atom is -0.447 e. The van der Waals surface area contributed by atoms with Crippen molar-refractivity contribution in [2.45, 2.75) is 110 Å². The maximum atomic E-state index is 13.5. The van der Waals surface area contributed by atoms with E-state index in [1.807, 2.05) is 51.2 Å². The Hall–Kier alpha value is -2.54. The number of benzene rings is 1. The van der Waals surface area contributed by atoms with Crippen LogP contribution in [0.5, 0.6) is 0 Å². The number of hydrogen-bond acceptors (Lipinski definition) is 4. The largest absolute Gasteiger partial charge is 0.447 e. The van der Waals surface area contributed by atoms with Gasteiger partial charge in [-0.1, -0.05) is 71.1 Å². The molecule has 0 saturated carbocycles. The van der Waals surface area contributed by atoms with Crippen molar-refractivity contribution in [1.82, 2.24) is 15.6 Å². The highest BCUT2D eigenvalue weighted by Gasteiger charge is 2.38. The van der Waals surface area contributed by atoms with Crippen LogP contribution in [0.1, 0.15) is 91.5 Å². The van der Waals surface area contributed by atoms with Crippen molar-refractivity contribution < 1.29 is 19.4 Å². The number of carbonyl (C=O) groups excluding carboxylic acids is 2. The number of unbranched alkanes of at least 4 members (excludes halogenated alkanes) is 5. The van der Waals surface area contributed by atoms with Crippen LogP contribution in [0.3, 0.4) is 0 Å². The van der Waals surface area contributed by atoms with Crippen LogP contribution in [-0.4, -0.2) is 46.4 Å². The Kier molecular flexibility index (Phi) is 12.3. The van der Waals surface area contributed by atoms with Gasteiger partial charge in [0.15, 0.2) is 0 Å². The second-order valence-corrected chi connectivity index (χ2v) is 10.7. The molecule has 0 bridgehead atoms. The van der Waals surface area contributed by atoms with E-state index in [4.69, 9.17) is 4.74 Å². The minimum atomic E-state index is -1.26. The Bertz CT molecular complexity index is 941. The average molecular weight is 502 g/mol.